The van der Waals surface area contributed by atoms with Crippen molar-refractivity contribution in [2.45, 2.75) is 4.90 Å². The second-order valence-electron chi connectivity index (χ2n) is 4.16. The van der Waals surface area contributed by atoms with Crippen molar-refractivity contribution in [3.05, 3.63) is 70.0 Å². The summed E-state index contributed by atoms with van der Waals surface area (Å²) in [6.07, 6.45) is 1.12. The quantitative estimate of drug-likeness (QED) is 0.517. The number of hydrogen-bond acceptors (Lipinski definition) is 5. The van der Waals surface area contributed by atoms with Crippen molar-refractivity contribution in [2.24, 2.45) is 5.10 Å². The Morgan fingerprint density at radius 1 is 1.18 bits per heavy atom. The first-order valence-corrected chi connectivity index (χ1v) is 7.42. The number of nitrogens with zero attached hydrogens (tertiary/aromatic N) is 2. The van der Waals surface area contributed by atoms with Crippen LogP contribution in [0.1, 0.15) is 5.56 Å². The van der Waals surface area contributed by atoms with Gasteiger partial charge in [-0.1, -0.05) is 18.2 Å². The van der Waals surface area contributed by atoms with Gasteiger partial charge in [-0.2, -0.15) is 13.5 Å². The molecular weight excluding hydrogens is 313 g/mol. The van der Waals surface area contributed by atoms with Gasteiger partial charge in [0, 0.05) is 12.1 Å². The maximum Gasteiger partial charge on any atom is 0.276 e. The fourth-order valence-corrected chi connectivity index (χ4v) is 2.40. The van der Waals surface area contributed by atoms with Crippen LogP contribution in [-0.2, 0) is 10.0 Å². The topological polar surface area (TPSA) is 102 Å². The van der Waals surface area contributed by atoms with Gasteiger partial charge in [-0.25, -0.2) is 9.22 Å². The Morgan fingerprint density at radius 2 is 1.91 bits per heavy atom. The highest BCUT2D eigenvalue weighted by Gasteiger charge is 2.16. The van der Waals surface area contributed by atoms with E-state index in [0.29, 0.717) is 5.56 Å². The maximum absolute atomic E-state index is 12.9. The zero-order valence-electron chi connectivity index (χ0n) is 11.0. The third kappa shape index (κ3) is 3.85. The zero-order chi connectivity index (χ0) is 16.2. The number of sulfonamides is 1. The molecule has 2 aromatic carbocycles. The molecule has 2 rings (SSSR count). The molecule has 0 atom stereocenters. The number of rotatable bonds is 5. The minimum Gasteiger partial charge on any atom is -0.258 e. The largest absolute Gasteiger partial charge is 0.276 e. The van der Waals surface area contributed by atoms with Crippen molar-refractivity contribution in [1.82, 2.24) is 4.83 Å². The van der Waals surface area contributed by atoms with Gasteiger partial charge in [-0.05, 0) is 23.8 Å². The highest BCUT2D eigenvalue weighted by molar-refractivity contribution is 7.89. The summed E-state index contributed by atoms with van der Waals surface area (Å²) in [6.45, 7) is 0. The number of nitrogens with one attached hydrogen (secondary N) is 1. The molecule has 0 saturated heterocycles. The molecule has 114 valence electrons. The van der Waals surface area contributed by atoms with Gasteiger partial charge in [0.25, 0.3) is 15.7 Å². The number of non-ortho nitro benzene ring substituents is 1. The summed E-state index contributed by atoms with van der Waals surface area (Å²) in [6, 6.07) is 9.95. The van der Waals surface area contributed by atoms with Crippen LogP contribution < -0.4 is 4.83 Å². The number of hydrazone groups is 1. The molecule has 0 bridgehead atoms. The van der Waals surface area contributed by atoms with E-state index < -0.39 is 20.8 Å². The molecular formula is C13H10FN3O4S. The van der Waals surface area contributed by atoms with E-state index in [1.807, 2.05) is 4.83 Å². The third-order valence-electron chi connectivity index (χ3n) is 2.57. The predicted molar refractivity (Wildman–Crippen MR) is 77.4 cm³/mol. The van der Waals surface area contributed by atoms with Gasteiger partial charge in [0.15, 0.2) is 0 Å². The standard InChI is InChI=1S/C13H10FN3O4S/c14-11-4-1-3-10(7-11)9-15-16-22(20,21)13-6-2-5-12(8-13)17(18)19/h1-9,16H/b15-9+. The first-order valence-electron chi connectivity index (χ1n) is 5.93. The fourth-order valence-electron chi connectivity index (χ4n) is 1.57. The average Bonchev–Trinajstić information content (AvgIpc) is 2.47. The van der Waals surface area contributed by atoms with Crippen LogP contribution in [0.3, 0.4) is 0 Å². The number of hydrogen-bond donors (Lipinski definition) is 1. The van der Waals surface area contributed by atoms with E-state index in [1.165, 1.54) is 42.5 Å². The second-order valence-corrected chi connectivity index (χ2v) is 5.82. The van der Waals surface area contributed by atoms with Crippen LogP contribution in [0.25, 0.3) is 0 Å². The second kappa shape index (κ2) is 6.31. The van der Waals surface area contributed by atoms with Crippen molar-refractivity contribution >= 4 is 21.9 Å². The normalized spacial score (nSPS) is 11.5. The van der Waals surface area contributed by atoms with E-state index in [9.17, 15) is 22.9 Å². The molecule has 0 aromatic heterocycles. The van der Waals surface area contributed by atoms with Crippen LogP contribution in [0.15, 0.2) is 58.5 Å². The molecule has 0 saturated carbocycles. The van der Waals surface area contributed by atoms with Gasteiger partial charge in [0.1, 0.15) is 5.82 Å². The smallest absolute Gasteiger partial charge is 0.258 e. The Morgan fingerprint density at radius 3 is 2.59 bits per heavy atom. The minimum atomic E-state index is -4.04. The molecule has 7 nitrogen and oxygen atoms in total. The lowest BCUT2D eigenvalue weighted by molar-refractivity contribution is -0.385. The van der Waals surface area contributed by atoms with Gasteiger partial charge >= 0.3 is 0 Å². The first-order chi connectivity index (χ1) is 10.4. The molecule has 2 aromatic rings. The van der Waals surface area contributed by atoms with E-state index in [-0.39, 0.29) is 10.6 Å². The van der Waals surface area contributed by atoms with Crippen molar-refractivity contribution < 1.29 is 17.7 Å². The number of halogens is 1. The molecule has 0 unspecified atom stereocenters. The minimum absolute atomic E-state index is 0.293. The molecule has 0 heterocycles. The van der Waals surface area contributed by atoms with Crippen LogP contribution in [-0.4, -0.2) is 19.6 Å². The van der Waals surface area contributed by atoms with Crippen molar-refractivity contribution in [3.63, 3.8) is 0 Å². The lowest BCUT2D eigenvalue weighted by atomic mass is 10.2. The van der Waals surface area contributed by atoms with Crippen molar-refractivity contribution in [1.29, 1.82) is 0 Å². The van der Waals surface area contributed by atoms with Gasteiger partial charge in [-0.15, -0.1) is 0 Å². The monoisotopic (exact) mass is 323 g/mol. The lowest BCUT2D eigenvalue weighted by Gasteiger charge is -2.03. The van der Waals surface area contributed by atoms with E-state index >= 15 is 0 Å². The van der Waals surface area contributed by atoms with Crippen LogP contribution in [0.2, 0.25) is 0 Å². The highest BCUT2D eigenvalue weighted by atomic mass is 32.2. The molecule has 0 radical (unpaired) electrons. The summed E-state index contributed by atoms with van der Waals surface area (Å²) in [7, 11) is -4.04. The summed E-state index contributed by atoms with van der Waals surface area (Å²) < 4.78 is 36.8. The third-order valence-corrected chi connectivity index (χ3v) is 3.79. The lowest BCUT2D eigenvalue weighted by Crippen LogP contribution is -2.18. The summed E-state index contributed by atoms with van der Waals surface area (Å²) in [5.74, 6) is -0.481. The fraction of sp³-hybridized carbons (Fsp3) is 0. The summed E-state index contributed by atoms with van der Waals surface area (Å²) in [5.41, 5.74) is 0.0127. The number of benzene rings is 2. The Balaban J connectivity index is 2.18. The molecule has 0 aliphatic carbocycles. The summed E-state index contributed by atoms with van der Waals surface area (Å²) >= 11 is 0. The molecule has 0 spiro atoms. The Bertz CT molecular complexity index is 837. The Kier molecular flexibility index (Phi) is 4.47. The van der Waals surface area contributed by atoms with Crippen molar-refractivity contribution in [2.75, 3.05) is 0 Å². The maximum atomic E-state index is 12.9. The Labute approximate surface area is 125 Å². The molecule has 0 aliphatic rings. The van der Waals surface area contributed by atoms with Crippen LogP contribution in [0.5, 0.6) is 0 Å². The first kappa shape index (κ1) is 15.6. The van der Waals surface area contributed by atoms with Gasteiger partial charge in [0.2, 0.25) is 0 Å². The highest BCUT2D eigenvalue weighted by Crippen LogP contribution is 2.17. The molecule has 0 amide bonds. The van der Waals surface area contributed by atoms with Gasteiger partial charge in [0.05, 0.1) is 16.0 Å². The molecule has 0 aliphatic heterocycles. The summed E-state index contributed by atoms with van der Waals surface area (Å²) in [5, 5.41) is 14.1. The SMILES string of the molecule is O=[N+]([O-])c1cccc(S(=O)(=O)N/N=C/c2cccc(F)c2)c1. The Hall–Kier alpha value is -2.81. The molecule has 22 heavy (non-hydrogen) atoms. The molecule has 0 fully saturated rings. The van der Waals surface area contributed by atoms with E-state index in [4.69, 9.17) is 0 Å². The van der Waals surface area contributed by atoms with Gasteiger partial charge in [-0.3, -0.25) is 10.1 Å². The van der Waals surface area contributed by atoms with Crippen LogP contribution >= 0.6 is 0 Å². The molecule has 9 heteroatoms. The van der Waals surface area contributed by atoms with E-state index in [1.54, 1.807) is 0 Å². The van der Waals surface area contributed by atoms with E-state index in [0.717, 1.165) is 12.3 Å². The number of nitro groups is 1. The predicted octanol–water partition coefficient (Wildman–Crippen LogP) is 2.05. The number of nitro benzene ring substituents is 1. The van der Waals surface area contributed by atoms with E-state index in [2.05, 4.69) is 5.10 Å². The molecule has 1 N–H and O–H groups in total. The van der Waals surface area contributed by atoms with Gasteiger partial charge < -0.3 is 0 Å². The summed E-state index contributed by atoms with van der Waals surface area (Å²) in [4.78, 5) is 11.5. The van der Waals surface area contributed by atoms with Crippen LogP contribution in [0, 0.1) is 15.9 Å². The van der Waals surface area contributed by atoms with Crippen molar-refractivity contribution in [3.8, 4) is 0 Å². The van der Waals surface area contributed by atoms with Crippen LogP contribution in [0.4, 0.5) is 10.1 Å². The zero-order valence-corrected chi connectivity index (χ0v) is 11.8. The average molecular weight is 323 g/mol.